The molecule has 6 heteroatoms. The van der Waals surface area contributed by atoms with E-state index in [0.29, 0.717) is 13.2 Å². The Morgan fingerprint density at radius 3 is 1.41 bits per heavy atom. The molecular weight excluding hydrogens is 446 g/mol. The van der Waals surface area contributed by atoms with E-state index in [1.165, 1.54) is 24.3 Å². The summed E-state index contributed by atoms with van der Waals surface area (Å²) in [5.41, 5.74) is 1.57. The molecule has 0 spiro atoms. The van der Waals surface area contributed by atoms with Gasteiger partial charge in [-0.25, -0.2) is 8.78 Å². The highest BCUT2D eigenvalue weighted by atomic mass is 33.1. The van der Waals surface area contributed by atoms with Crippen molar-refractivity contribution >= 4 is 21.6 Å². The number of hydrogen-bond acceptors (Lipinski definition) is 4. The third kappa shape index (κ3) is 6.77. The molecule has 0 aromatic heterocycles. The molecule has 0 amide bonds. The van der Waals surface area contributed by atoms with E-state index < -0.39 is 0 Å². The zero-order chi connectivity index (χ0) is 22.2. The molecule has 2 nitrogen and oxygen atoms in total. The van der Waals surface area contributed by atoms with Crippen LogP contribution in [0.15, 0.2) is 107 Å². The summed E-state index contributed by atoms with van der Waals surface area (Å²) in [6.07, 6.45) is 0. The van der Waals surface area contributed by atoms with E-state index in [9.17, 15) is 8.78 Å². The predicted octanol–water partition coefficient (Wildman–Crippen LogP) is 7.92. The van der Waals surface area contributed by atoms with Gasteiger partial charge in [-0.15, -0.1) is 0 Å². The van der Waals surface area contributed by atoms with Gasteiger partial charge < -0.3 is 9.47 Å². The first-order valence-corrected chi connectivity index (χ1v) is 12.1. The van der Waals surface area contributed by atoms with Crippen LogP contribution >= 0.6 is 21.6 Å². The van der Waals surface area contributed by atoms with Crippen molar-refractivity contribution in [3.8, 4) is 11.5 Å². The number of ether oxygens (including phenoxy) is 2. The lowest BCUT2D eigenvalue weighted by Crippen LogP contribution is -1.96. The fourth-order valence-corrected chi connectivity index (χ4v) is 4.90. The van der Waals surface area contributed by atoms with Crippen molar-refractivity contribution in [3.63, 3.8) is 0 Å². The van der Waals surface area contributed by atoms with E-state index in [1.54, 1.807) is 33.7 Å². The molecule has 0 saturated carbocycles. The zero-order valence-corrected chi connectivity index (χ0v) is 18.7. The lowest BCUT2D eigenvalue weighted by molar-refractivity contribution is 0.305. The molecule has 0 aliphatic carbocycles. The molecule has 0 aliphatic rings. The van der Waals surface area contributed by atoms with Gasteiger partial charge in [0.1, 0.15) is 36.3 Å². The van der Waals surface area contributed by atoms with Gasteiger partial charge in [0.2, 0.25) is 0 Å². The number of hydrogen-bond donors (Lipinski definition) is 0. The van der Waals surface area contributed by atoms with Gasteiger partial charge >= 0.3 is 0 Å². The molecule has 0 unspecified atom stereocenters. The smallest absolute Gasteiger partial charge is 0.123 e. The summed E-state index contributed by atoms with van der Waals surface area (Å²) in [5, 5.41) is 0. The summed E-state index contributed by atoms with van der Waals surface area (Å²) in [6, 6.07) is 28.4. The maximum absolute atomic E-state index is 13.3. The third-order valence-corrected chi connectivity index (χ3v) is 6.81. The van der Waals surface area contributed by atoms with E-state index in [-0.39, 0.29) is 11.6 Å². The van der Waals surface area contributed by atoms with Crippen LogP contribution in [0.25, 0.3) is 0 Å². The Bertz CT molecular complexity index is 1090. The molecule has 0 aliphatic heterocycles. The second-order valence-electron chi connectivity index (χ2n) is 6.95. The highest BCUT2D eigenvalue weighted by Crippen LogP contribution is 2.39. The second kappa shape index (κ2) is 11.1. The van der Waals surface area contributed by atoms with Gasteiger partial charge in [-0.05, 0) is 71.8 Å². The van der Waals surface area contributed by atoms with Crippen molar-refractivity contribution in [1.82, 2.24) is 0 Å². The Balaban J connectivity index is 1.31. The standard InChI is InChI=1S/C26H20F2O2S2/c27-21-7-1-5-19(13-21)17-29-23-9-3-11-25(15-23)31-32-26-12-4-10-24(16-26)30-18-20-6-2-8-22(28)14-20/h1-16H,17-18H2. The predicted molar refractivity (Wildman–Crippen MR) is 126 cm³/mol. The molecular formula is C26H20F2O2S2. The highest BCUT2D eigenvalue weighted by molar-refractivity contribution is 8.76. The van der Waals surface area contributed by atoms with Crippen LogP contribution in [-0.2, 0) is 13.2 Å². The minimum Gasteiger partial charge on any atom is -0.489 e. The van der Waals surface area contributed by atoms with Gasteiger partial charge in [0.25, 0.3) is 0 Å². The fraction of sp³-hybridized carbons (Fsp3) is 0.0769. The average molecular weight is 467 g/mol. The van der Waals surface area contributed by atoms with E-state index in [4.69, 9.17) is 9.47 Å². The van der Waals surface area contributed by atoms with Crippen LogP contribution in [0.5, 0.6) is 11.5 Å². The fourth-order valence-electron chi connectivity index (χ4n) is 2.91. The van der Waals surface area contributed by atoms with Crippen molar-refractivity contribution in [2.24, 2.45) is 0 Å². The van der Waals surface area contributed by atoms with Crippen molar-refractivity contribution in [1.29, 1.82) is 0 Å². The number of halogens is 2. The zero-order valence-electron chi connectivity index (χ0n) is 17.0. The highest BCUT2D eigenvalue weighted by Gasteiger charge is 2.04. The van der Waals surface area contributed by atoms with Crippen LogP contribution < -0.4 is 9.47 Å². The first-order valence-electron chi connectivity index (χ1n) is 9.93. The average Bonchev–Trinajstić information content (AvgIpc) is 2.81. The molecule has 0 saturated heterocycles. The Hall–Kier alpha value is -2.96. The quantitative estimate of drug-likeness (QED) is 0.233. The maximum atomic E-state index is 13.3. The summed E-state index contributed by atoms with van der Waals surface area (Å²) >= 11 is 0. The minimum absolute atomic E-state index is 0.269. The third-order valence-electron chi connectivity index (χ3n) is 4.43. The van der Waals surface area contributed by atoms with Crippen LogP contribution in [0, 0.1) is 11.6 Å². The molecule has 0 N–H and O–H groups in total. The summed E-state index contributed by atoms with van der Waals surface area (Å²) in [7, 11) is 3.22. The molecule has 162 valence electrons. The number of rotatable bonds is 9. The van der Waals surface area contributed by atoms with E-state index in [2.05, 4.69) is 0 Å². The van der Waals surface area contributed by atoms with Crippen molar-refractivity contribution in [2.75, 3.05) is 0 Å². The minimum atomic E-state index is -0.269. The van der Waals surface area contributed by atoms with Gasteiger partial charge in [0, 0.05) is 9.79 Å². The van der Waals surface area contributed by atoms with Gasteiger partial charge in [-0.1, -0.05) is 58.0 Å². The van der Waals surface area contributed by atoms with Gasteiger partial charge in [-0.3, -0.25) is 0 Å². The van der Waals surface area contributed by atoms with Crippen LogP contribution in [0.4, 0.5) is 8.78 Å². The molecule has 0 atom stereocenters. The van der Waals surface area contributed by atoms with E-state index in [1.807, 2.05) is 60.7 Å². The SMILES string of the molecule is Fc1cccc(COc2cccc(SSc3cccc(OCc4cccc(F)c4)c3)c2)c1. The Morgan fingerprint density at radius 1 is 0.531 bits per heavy atom. The van der Waals surface area contributed by atoms with Crippen LogP contribution in [0.1, 0.15) is 11.1 Å². The summed E-state index contributed by atoms with van der Waals surface area (Å²) < 4.78 is 38.2. The largest absolute Gasteiger partial charge is 0.489 e. The second-order valence-corrected chi connectivity index (χ2v) is 9.23. The van der Waals surface area contributed by atoms with Crippen LogP contribution in [-0.4, -0.2) is 0 Å². The Labute approximate surface area is 194 Å². The van der Waals surface area contributed by atoms with Crippen molar-refractivity contribution in [3.05, 3.63) is 120 Å². The molecule has 4 aromatic carbocycles. The molecule has 0 fully saturated rings. The van der Waals surface area contributed by atoms with Gasteiger partial charge in [0.15, 0.2) is 0 Å². The van der Waals surface area contributed by atoms with Crippen molar-refractivity contribution < 1.29 is 18.3 Å². The van der Waals surface area contributed by atoms with Gasteiger partial charge in [0.05, 0.1) is 0 Å². The van der Waals surface area contributed by atoms with Crippen LogP contribution in [0.3, 0.4) is 0 Å². The van der Waals surface area contributed by atoms with E-state index in [0.717, 1.165) is 32.4 Å². The number of benzene rings is 4. The summed E-state index contributed by atoms with van der Waals surface area (Å²) in [4.78, 5) is 2.08. The normalized spacial score (nSPS) is 10.7. The molecule has 0 radical (unpaired) electrons. The lowest BCUT2D eigenvalue weighted by atomic mass is 10.2. The first-order chi connectivity index (χ1) is 15.6. The Kier molecular flexibility index (Phi) is 7.69. The topological polar surface area (TPSA) is 18.5 Å². The Morgan fingerprint density at radius 2 is 0.969 bits per heavy atom. The monoisotopic (exact) mass is 466 g/mol. The van der Waals surface area contributed by atoms with E-state index >= 15 is 0 Å². The molecule has 4 aromatic rings. The maximum Gasteiger partial charge on any atom is 0.123 e. The summed E-state index contributed by atoms with van der Waals surface area (Å²) in [6.45, 7) is 0.618. The van der Waals surface area contributed by atoms with Crippen molar-refractivity contribution in [2.45, 2.75) is 23.0 Å². The molecule has 32 heavy (non-hydrogen) atoms. The molecule has 0 heterocycles. The molecule has 0 bridgehead atoms. The van der Waals surface area contributed by atoms with Gasteiger partial charge in [-0.2, -0.15) is 0 Å². The van der Waals surface area contributed by atoms with Crippen LogP contribution in [0.2, 0.25) is 0 Å². The summed E-state index contributed by atoms with van der Waals surface area (Å²) in [5.74, 6) is 0.918. The molecule has 4 rings (SSSR count). The lowest BCUT2D eigenvalue weighted by Gasteiger charge is -2.09. The first kappa shape index (κ1) is 22.2.